The number of H-pyrrole nitrogens is 3. The van der Waals surface area contributed by atoms with Gasteiger partial charge in [0.25, 0.3) is 0 Å². The molecule has 0 aliphatic carbocycles. The number of nitrogens with zero attached hydrogens (tertiary/aromatic N) is 4. The highest BCUT2D eigenvalue weighted by molar-refractivity contribution is 4.94. The van der Waals surface area contributed by atoms with Crippen LogP contribution in [-0.4, -0.2) is 113 Å². The van der Waals surface area contributed by atoms with Gasteiger partial charge in [-0.3, -0.25) is 4.90 Å². The van der Waals surface area contributed by atoms with Gasteiger partial charge < -0.3 is 46.9 Å². The molecule has 13 nitrogen and oxygen atoms in total. The molecule has 0 spiro atoms. The Labute approximate surface area is 238 Å². The summed E-state index contributed by atoms with van der Waals surface area (Å²) in [5.74, 6) is 0. The van der Waals surface area contributed by atoms with Crippen LogP contribution in [0.4, 0.5) is 0 Å². The lowest BCUT2D eigenvalue weighted by molar-refractivity contribution is 0.271. The number of aromatic amines is 3. The molecule has 0 fully saturated rings. The van der Waals surface area contributed by atoms with E-state index in [0.717, 1.165) is 135 Å². The molecule has 0 aliphatic heterocycles. The Morgan fingerprint density at radius 2 is 0.775 bits per heavy atom. The van der Waals surface area contributed by atoms with Crippen molar-refractivity contribution in [3.8, 4) is 0 Å². The van der Waals surface area contributed by atoms with E-state index in [2.05, 4.69) is 66.7 Å². The molecule has 9 N–H and O–H groups in total. The van der Waals surface area contributed by atoms with Gasteiger partial charge in [-0.2, -0.15) is 0 Å². The minimum atomic E-state index is 0.842. The lowest BCUT2D eigenvalue weighted by Crippen LogP contribution is -2.41. The molecule has 3 aromatic heterocycles. The molecule has 13 heteroatoms. The third-order valence-electron chi connectivity index (χ3n) is 6.55. The maximum absolute atomic E-state index is 4.05. The quantitative estimate of drug-likeness (QED) is 0.0573. The van der Waals surface area contributed by atoms with E-state index in [1.165, 1.54) is 0 Å². The molecule has 224 valence electrons. The van der Waals surface area contributed by atoms with Crippen molar-refractivity contribution in [1.29, 1.82) is 0 Å². The van der Waals surface area contributed by atoms with Crippen LogP contribution in [0.5, 0.6) is 0 Å². The predicted octanol–water partition coefficient (Wildman–Crippen LogP) is -0.234. The lowest BCUT2D eigenvalue weighted by atomic mass is 10.3. The van der Waals surface area contributed by atoms with E-state index in [1.807, 2.05) is 18.6 Å². The zero-order valence-corrected chi connectivity index (χ0v) is 24.0. The molecular weight excluding hydrogens is 506 g/mol. The zero-order valence-electron chi connectivity index (χ0n) is 24.0. The summed E-state index contributed by atoms with van der Waals surface area (Å²) in [6, 6.07) is 0. The smallest absolute Gasteiger partial charge is 0.0922 e. The summed E-state index contributed by atoms with van der Waals surface area (Å²) < 4.78 is 0. The van der Waals surface area contributed by atoms with Crippen molar-refractivity contribution in [1.82, 2.24) is 66.7 Å². The van der Waals surface area contributed by atoms with Crippen molar-refractivity contribution in [2.45, 2.75) is 38.9 Å². The largest absolute Gasteiger partial charge is 0.347 e. The normalized spacial score (nSPS) is 11.6. The van der Waals surface area contributed by atoms with Crippen LogP contribution >= 0.6 is 0 Å². The van der Waals surface area contributed by atoms with E-state index in [1.54, 1.807) is 19.0 Å². The average molecular weight is 558 g/mol. The van der Waals surface area contributed by atoms with Gasteiger partial charge in [-0.1, -0.05) is 0 Å². The zero-order chi connectivity index (χ0) is 27.8. The van der Waals surface area contributed by atoms with Crippen molar-refractivity contribution in [2.75, 3.05) is 78.5 Å². The van der Waals surface area contributed by atoms with E-state index in [9.17, 15) is 0 Å². The van der Waals surface area contributed by atoms with Crippen LogP contribution in [-0.2, 0) is 19.6 Å². The van der Waals surface area contributed by atoms with E-state index in [-0.39, 0.29) is 0 Å². The first kappa shape index (κ1) is 31.9. The molecular formula is C27H51N13. The van der Waals surface area contributed by atoms with Gasteiger partial charge >= 0.3 is 0 Å². The van der Waals surface area contributed by atoms with Crippen LogP contribution < -0.4 is 31.9 Å². The van der Waals surface area contributed by atoms with Crippen LogP contribution in [0, 0.1) is 0 Å². The Morgan fingerprint density at radius 3 is 1.07 bits per heavy atom. The topological polar surface area (TPSA) is 161 Å². The molecule has 0 aromatic carbocycles. The van der Waals surface area contributed by atoms with Gasteiger partial charge in [-0.05, 0) is 58.5 Å². The predicted molar refractivity (Wildman–Crippen MR) is 160 cm³/mol. The van der Waals surface area contributed by atoms with Gasteiger partial charge in [0.1, 0.15) is 0 Å². The maximum atomic E-state index is 4.05. The maximum Gasteiger partial charge on any atom is 0.0922 e. The van der Waals surface area contributed by atoms with Crippen molar-refractivity contribution >= 4 is 0 Å². The summed E-state index contributed by atoms with van der Waals surface area (Å²) in [5.41, 5.74) is 3.38. The molecule has 0 bridgehead atoms. The molecule has 3 heterocycles. The van der Waals surface area contributed by atoms with Gasteiger partial charge in [0.2, 0.25) is 0 Å². The molecule has 0 aliphatic rings. The Balaban J connectivity index is 1.18. The molecule has 0 unspecified atom stereocenters. The second kappa shape index (κ2) is 22.1. The van der Waals surface area contributed by atoms with Crippen LogP contribution in [0.3, 0.4) is 0 Å². The Morgan fingerprint density at radius 1 is 0.450 bits per heavy atom. The number of hydrogen-bond acceptors (Lipinski definition) is 10. The Bertz CT molecular complexity index is 780. The molecule has 0 radical (unpaired) electrons. The highest BCUT2D eigenvalue weighted by atomic mass is 15.2. The highest BCUT2D eigenvalue weighted by Gasteiger charge is 2.05. The number of hydrogen-bond donors (Lipinski definition) is 9. The fourth-order valence-electron chi connectivity index (χ4n) is 4.25. The summed E-state index contributed by atoms with van der Waals surface area (Å²) in [7, 11) is 0. The first-order valence-electron chi connectivity index (χ1n) is 14.8. The van der Waals surface area contributed by atoms with Crippen molar-refractivity contribution < 1.29 is 0 Å². The van der Waals surface area contributed by atoms with E-state index in [4.69, 9.17) is 0 Å². The number of aromatic nitrogens is 6. The molecule has 3 aromatic rings. The molecule has 3 rings (SSSR count). The fraction of sp³-hybridized carbons (Fsp3) is 0.667. The van der Waals surface area contributed by atoms with Gasteiger partial charge in [-0.25, -0.2) is 15.0 Å². The van der Waals surface area contributed by atoms with E-state index in [0.29, 0.717) is 0 Å². The average Bonchev–Trinajstić information content (AvgIpc) is 3.77. The lowest BCUT2D eigenvalue weighted by Gasteiger charge is -2.23. The van der Waals surface area contributed by atoms with Gasteiger partial charge in [-0.15, -0.1) is 0 Å². The minimum Gasteiger partial charge on any atom is -0.347 e. The first-order valence-corrected chi connectivity index (χ1v) is 14.8. The van der Waals surface area contributed by atoms with Gasteiger partial charge in [0.05, 0.1) is 19.0 Å². The molecule has 40 heavy (non-hydrogen) atoms. The first-order chi connectivity index (χ1) is 19.9. The second-order valence-corrected chi connectivity index (χ2v) is 9.91. The Kier molecular flexibility index (Phi) is 17.6. The molecule has 0 atom stereocenters. The van der Waals surface area contributed by atoms with Crippen LogP contribution in [0.15, 0.2) is 37.6 Å². The van der Waals surface area contributed by atoms with Crippen LogP contribution in [0.1, 0.15) is 36.3 Å². The summed E-state index contributed by atoms with van der Waals surface area (Å²) in [6.45, 7) is 14.8. The summed E-state index contributed by atoms with van der Waals surface area (Å²) >= 11 is 0. The van der Waals surface area contributed by atoms with Gasteiger partial charge in [0, 0.05) is 94.6 Å². The third-order valence-corrected chi connectivity index (χ3v) is 6.55. The van der Waals surface area contributed by atoms with Crippen molar-refractivity contribution in [2.24, 2.45) is 0 Å². The van der Waals surface area contributed by atoms with Crippen molar-refractivity contribution in [3.63, 3.8) is 0 Å². The van der Waals surface area contributed by atoms with Crippen LogP contribution in [0.2, 0.25) is 0 Å². The summed E-state index contributed by atoms with van der Waals surface area (Å²) in [5, 5.41) is 21.2. The second-order valence-electron chi connectivity index (χ2n) is 9.91. The molecule has 0 amide bonds. The SMILES string of the molecule is c1ncc(CNCCCNCCN(CCNCCCNCc2cnc[nH]2)CCNCCCNCc2cnc[nH]2)[nH]1. The minimum absolute atomic E-state index is 0.842. The summed E-state index contributed by atoms with van der Waals surface area (Å²) in [4.78, 5) is 24.1. The third kappa shape index (κ3) is 15.8. The van der Waals surface area contributed by atoms with Crippen molar-refractivity contribution in [3.05, 3.63) is 54.7 Å². The number of nitrogens with one attached hydrogen (secondary N) is 9. The standard InChI is InChI=1S/C27H51N13/c1(7-31-16-25-19-34-22-37-25)4-28-10-13-40(14-11-29-5-2-8-32-17-26-20-35-23-38-26)15-12-30-6-3-9-33-18-27-21-36-24-39-27/h19-24,28-33H,1-18H2,(H,34,37)(H,35,38)(H,36,39). The Hall–Kier alpha value is -2.65. The number of imidazole rings is 3. The van der Waals surface area contributed by atoms with Crippen LogP contribution in [0.25, 0.3) is 0 Å². The van der Waals surface area contributed by atoms with E-state index >= 15 is 0 Å². The molecule has 0 saturated heterocycles. The van der Waals surface area contributed by atoms with Gasteiger partial charge in [0.15, 0.2) is 0 Å². The number of rotatable bonds is 27. The molecule has 0 saturated carbocycles. The highest BCUT2D eigenvalue weighted by Crippen LogP contribution is 1.92. The fourth-order valence-corrected chi connectivity index (χ4v) is 4.25. The summed E-state index contributed by atoms with van der Waals surface area (Å²) in [6.07, 6.45) is 14.1. The van der Waals surface area contributed by atoms with E-state index < -0.39 is 0 Å². The monoisotopic (exact) mass is 557 g/mol.